The van der Waals surface area contributed by atoms with E-state index in [1.165, 1.54) is 25.5 Å². The van der Waals surface area contributed by atoms with Crippen molar-refractivity contribution in [3.63, 3.8) is 0 Å². The SMILES string of the molecule is CC(C)(c1ccc(C2(N)CCCCC2)cc1)S(C)(=O)=O. The molecule has 0 heterocycles. The van der Waals surface area contributed by atoms with Crippen LogP contribution in [0, 0.1) is 0 Å². The van der Waals surface area contributed by atoms with Crippen LogP contribution in [0.15, 0.2) is 24.3 Å². The molecule has 4 heteroatoms. The summed E-state index contributed by atoms with van der Waals surface area (Å²) in [4.78, 5) is 0. The Morgan fingerprint density at radius 2 is 1.55 bits per heavy atom. The van der Waals surface area contributed by atoms with Crippen LogP contribution in [0.4, 0.5) is 0 Å². The highest BCUT2D eigenvalue weighted by atomic mass is 32.2. The topological polar surface area (TPSA) is 60.2 Å². The molecule has 0 spiro atoms. The van der Waals surface area contributed by atoms with Crippen LogP contribution < -0.4 is 5.73 Å². The van der Waals surface area contributed by atoms with Gasteiger partial charge in [0.25, 0.3) is 0 Å². The molecule has 0 amide bonds. The molecule has 112 valence electrons. The van der Waals surface area contributed by atoms with Crippen LogP contribution in [0.5, 0.6) is 0 Å². The Morgan fingerprint density at radius 1 is 1.05 bits per heavy atom. The average molecular weight is 295 g/mol. The molecule has 2 rings (SSSR count). The lowest BCUT2D eigenvalue weighted by Crippen LogP contribution is -2.38. The zero-order chi connectivity index (χ0) is 15.0. The van der Waals surface area contributed by atoms with Crippen molar-refractivity contribution >= 4 is 9.84 Å². The van der Waals surface area contributed by atoms with Gasteiger partial charge in [-0.1, -0.05) is 43.5 Å². The summed E-state index contributed by atoms with van der Waals surface area (Å²) in [5, 5.41) is 0. The minimum absolute atomic E-state index is 0.230. The van der Waals surface area contributed by atoms with Crippen molar-refractivity contribution in [1.29, 1.82) is 0 Å². The van der Waals surface area contributed by atoms with E-state index in [9.17, 15) is 8.42 Å². The van der Waals surface area contributed by atoms with Gasteiger partial charge >= 0.3 is 0 Å². The molecule has 0 atom stereocenters. The van der Waals surface area contributed by atoms with Gasteiger partial charge in [0.2, 0.25) is 0 Å². The normalized spacial score (nSPS) is 19.8. The molecule has 0 bridgehead atoms. The first-order chi connectivity index (χ1) is 9.17. The third-order valence-electron chi connectivity index (χ3n) is 4.83. The second-order valence-corrected chi connectivity index (χ2v) is 9.14. The Kier molecular flexibility index (Phi) is 4.00. The summed E-state index contributed by atoms with van der Waals surface area (Å²) in [6.07, 6.45) is 6.93. The zero-order valence-corrected chi connectivity index (χ0v) is 13.5. The fourth-order valence-electron chi connectivity index (χ4n) is 2.89. The van der Waals surface area contributed by atoms with E-state index in [0.29, 0.717) is 0 Å². The van der Waals surface area contributed by atoms with Gasteiger partial charge in [-0.15, -0.1) is 0 Å². The molecule has 1 aromatic carbocycles. The molecule has 1 fully saturated rings. The first kappa shape index (κ1) is 15.5. The van der Waals surface area contributed by atoms with Crippen molar-refractivity contribution in [2.45, 2.75) is 56.2 Å². The minimum atomic E-state index is -3.14. The highest BCUT2D eigenvalue weighted by molar-refractivity contribution is 7.91. The molecule has 3 nitrogen and oxygen atoms in total. The quantitative estimate of drug-likeness (QED) is 0.932. The number of hydrogen-bond donors (Lipinski definition) is 1. The second kappa shape index (κ2) is 5.15. The van der Waals surface area contributed by atoms with Gasteiger partial charge in [0.1, 0.15) is 0 Å². The molecule has 0 saturated heterocycles. The smallest absolute Gasteiger partial charge is 0.156 e. The molecule has 20 heavy (non-hydrogen) atoms. The van der Waals surface area contributed by atoms with Crippen LogP contribution >= 0.6 is 0 Å². The lowest BCUT2D eigenvalue weighted by atomic mass is 9.77. The van der Waals surface area contributed by atoms with Crippen molar-refractivity contribution in [1.82, 2.24) is 0 Å². The fraction of sp³-hybridized carbons (Fsp3) is 0.625. The van der Waals surface area contributed by atoms with Gasteiger partial charge in [-0.3, -0.25) is 0 Å². The van der Waals surface area contributed by atoms with Crippen LogP contribution in [0.1, 0.15) is 57.1 Å². The summed E-state index contributed by atoms with van der Waals surface area (Å²) in [5.74, 6) is 0. The predicted molar refractivity (Wildman–Crippen MR) is 83.3 cm³/mol. The second-order valence-electron chi connectivity index (χ2n) is 6.58. The number of hydrogen-bond acceptors (Lipinski definition) is 3. The van der Waals surface area contributed by atoms with Gasteiger partial charge in [-0.05, 0) is 37.8 Å². The van der Waals surface area contributed by atoms with E-state index in [2.05, 4.69) is 0 Å². The molecule has 1 aliphatic carbocycles. The molecule has 1 aromatic rings. The van der Waals surface area contributed by atoms with Gasteiger partial charge in [-0.2, -0.15) is 0 Å². The largest absolute Gasteiger partial charge is 0.321 e. The van der Waals surface area contributed by atoms with Crippen LogP contribution in [-0.2, 0) is 20.1 Å². The molecule has 0 radical (unpaired) electrons. The number of rotatable bonds is 3. The van der Waals surface area contributed by atoms with Gasteiger partial charge in [0.15, 0.2) is 9.84 Å². The molecule has 2 N–H and O–H groups in total. The molecular weight excluding hydrogens is 270 g/mol. The molecular formula is C16H25NO2S. The van der Waals surface area contributed by atoms with Crippen LogP contribution in [0.2, 0.25) is 0 Å². The van der Waals surface area contributed by atoms with Crippen LogP contribution in [0.3, 0.4) is 0 Å². The first-order valence-electron chi connectivity index (χ1n) is 7.26. The van der Waals surface area contributed by atoms with Gasteiger partial charge in [-0.25, -0.2) is 8.42 Å². The van der Waals surface area contributed by atoms with Gasteiger partial charge in [0.05, 0.1) is 4.75 Å². The number of sulfone groups is 1. The summed E-state index contributed by atoms with van der Waals surface area (Å²) in [6, 6.07) is 7.85. The number of nitrogens with two attached hydrogens (primary N) is 1. The average Bonchev–Trinajstić information content (AvgIpc) is 2.38. The van der Waals surface area contributed by atoms with E-state index < -0.39 is 14.6 Å². The van der Waals surface area contributed by atoms with Gasteiger partial charge in [0, 0.05) is 11.8 Å². The Hall–Kier alpha value is -0.870. The van der Waals surface area contributed by atoms with Crippen LogP contribution in [-0.4, -0.2) is 14.7 Å². The van der Waals surface area contributed by atoms with E-state index in [-0.39, 0.29) is 5.54 Å². The maximum absolute atomic E-state index is 11.9. The Morgan fingerprint density at radius 3 is 2.00 bits per heavy atom. The predicted octanol–water partition coefficient (Wildman–Crippen LogP) is 3.08. The van der Waals surface area contributed by atoms with E-state index >= 15 is 0 Å². The third-order valence-corrected chi connectivity index (χ3v) is 6.92. The Balaban J connectivity index is 2.31. The molecule has 0 aliphatic heterocycles. The van der Waals surface area contributed by atoms with E-state index in [0.717, 1.165) is 24.0 Å². The summed E-state index contributed by atoms with van der Waals surface area (Å²) in [7, 11) is -3.14. The monoisotopic (exact) mass is 295 g/mol. The lowest BCUT2D eigenvalue weighted by Gasteiger charge is -2.34. The highest BCUT2D eigenvalue weighted by Gasteiger charge is 2.33. The van der Waals surface area contributed by atoms with Crippen molar-refractivity contribution in [3.05, 3.63) is 35.4 Å². The van der Waals surface area contributed by atoms with E-state index in [1.54, 1.807) is 13.8 Å². The minimum Gasteiger partial charge on any atom is -0.321 e. The lowest BCUT2D eigenvalue weighted by molar-refractivity contribution is 0.302. The number of benzene rings is 1. The molecule has 1 aliphatic rings. The van der Waals surface area contributed by atoms with Crippen molar-refractivity contribution in [2.75, 3.05) is 6.26 Å². The third kappa shape index (κ3) is 2.77. The first-order valence-corrected chi connectivity index (χ1v) is 9.15. The Bertz CT molecular complexity index is 567. The molecule has 1 saturated carbocycles. The Labute approximate surface area is 122 Å². The maximum Gasteiger partial charge on any atom is 0.156 e. The summed E-state index contributed by atoms with van der Waals surface area (Å²) < 4.78 is 22.9. The highest BCUT2D eigenvalue weighted by Crippen LogP contribution is 2.36. The fourth-order valence-corrected chi connectivity index (χ4v) is 3.45. The zero-order valence-electron chi connectivity index (χ0n) is 12.6. The van der Waals surface area contributed by atoms with Crippen molar-refractivity contribution < 1.29 is 8.42 Å². The standard InChI is InChI=1S/C16H25NO2S/c1-15(2,20(3,18)19)13-7-9-14(10-8-13)16(17)11-5-4-6-12-16/h7-10H,4-6,11-12,17H2,1-3H3. The summed E-state index contributed by atoms with van der Waals surface area (Å²) in [6.45, 7) is 3.49. The van der Waals surface area contributed by atoms with Gasteiger partial charge < -0.3 is 5.73 Å². The summed E-state index contributed by atoms with van der Waals surface area (Å²) in [5.41, 5.74) is 8.23. The van der Waals surface area contributed by atoms with Crippen LogP contribution in [0.25, 0.3) is 0 Å². The molecule has 0 aromatic heterocycles. The van der Waals surface area contributed by atoms with Crippen molar-refractivity contribution in [2.24, 2.45) is 5.73 Å². The molecule has 0 unspecified atom stereocenters. The van der Waals surface area contributed by atoms with E-state index in [1.807, 2.05) is 24.3 Å². The maximum atomic E-state index is 11.9. The van der Waals surface area contributed by atoms with Crippen molar-refractivity contribution in [3.8, 4) is 0 Å². The van der Waals surface area contributed by atoms with E-state index in [4.69, 9.17) is 5.73 Å². The summed E-state index contributed by atoms with van der Waals surface area (Å²) >= 11 is 0.